The maximum Gasteiger partial charge on any atom is 0.282 e. The first kappa shape index (κ1) is 20.4. The number of fused-ring (bicyclic) bond motifs is 2. The number of ether oxygens (including phenoxy) is 1. The maximum atomic E-state index is 13.3. The number of nitrogens with zero attached hydrogens (tertiary/aromatic N) is 3. The molecule has 0 N–H and O–H groups in total. The number of benzene rings is 3. The Bertz CT molecular complexity index is 1500. The van der Waals surface area contributed by atoms with Crippen molar-refractivity contribution >= 4 is 50.7 Å². The Labute approximate surface area is 197 Å². The number of rotatable bonds is 5. The summed E-state index contributed by atoms with van der Waals surface area (Å²) in [4.78, 5) is 18.0. The highest BCUT2D eigenvalue weighted by Gasteiger charge is 2.16. The molecule has 5 aromatic rings. The molecule has 6 nitrogen and oxygen atoms in total. The van der Waals surface area contributed by atoms with Gasteiger partial charge < -0.3 is 9.15 Å². The largest absolute Gasteiger partial charge is 0.493 e. The number of hydrogen-bond donors (Lipinski definition) is 0. The van der Waals surface area contributed by atoms with Gasteiger partial charge in [0.05, 0.1) is 27.3 Å². The molecule has 0 aliphatic carbocycles. The fourth-order valence-corrected chi connectivity index (χ4v) is 4.17. The summed E-state index contributed by atoms with van der Waals surface area (Å²) in [6.45, 7) is 2.55. The smallest absolute Gasteiger partial charge is 0.282 e. The number of aromatic nitrogens is 2. The van der Waals surface area contributed by atoms with E-state index in [-0.39, 0.29) is 5.56 Å². The molecule has 3 aromatic carbocycles. The third kappa shape index (κ3) is 3.80. The monoisotopic (exact) mass is 535 g/mol. The fourth-order valence-electron chi connectivity index (χ4n) is 3.48. The summed E-state index contributed by atoms with van der Waals surface area (Å²) < 4.78 is 13.9. The van der Waals surface area contributed by atoms with Crippen LogP contribution in [0.25, 0.3) is 33.5 Å². The standard InChI is InChI=1S/C25H18IN3O3/c1-2-31-22-12-11-16(13-19(22)26)15-27-29-24(23-14-17-7-3-6-10-21(17)32-23)28-20-9-5-4-8-18(20)25(29)30/h3-15H,2H2,1H3. The molecule has 0 saturated heterocycles. The average Bonchev–Trinajstić information content (AvgIpc) is 3.24. The molecule has 7 heteroatoms. The second kappa shape index (κ2) is 8.58. The molecule has 5 rings (SSSR count). The minimum atomic E-state index is -0.261. The molecule has 2 aromatic heterocycles. The van der Waals surface area contributed by atoms with Gasteiger partial charge in [0.1, 0.15) is 11.3 Å². The van der Waals surface area contributed by atoms with Crippen LogP contribution in [0, 0.1) is 3.57 Å². The highest BCUT2D eigenvalue weighted by molar-refractivity contribution is 14.1. The van der Waals surface area contributed by atoms with Crippen molar-refractivity contribution in [3.05, 3.63) is 92.3 Å². The zero-order valence-electron chi connectivity index (χ0n) is 17.2. The molecule has 0 saturated carbocycles. The second-order valence-corrected chi connectivity index (χ2v) is 8.25. The van der Waals surface area contributed by atoms with E-state index in [1.807, 2.05) is 73.7 Å². The molecule has 0 aliphatic rings. The van der Waals surface area contributed by atoms with Crippen molar-refractivity contribution in [2.24, 2.45) is 5.10 Å². The van der Waals surface area contributed by atoms with E-state index in [0.29, 0.717) is 29.1 Å². The second-order valence-electron chi connectivity index (χ2n) is 7.09. The van der Waals surface area contributed by atoms with Gasteiger partial charge in [-0.3, -0.25) is 4.79 Å². The third-order valence-electron chi connectivity index (χ3n) is 4.98. The van der Waals surface area contributed by atoms with Gasteiger partial charge in [0.25, 0.3) is 5.56 Å². The molecule has 2 heterocycles. The van der Waals surface area contributed by atoms with Crippen molar-refractivity contribution in [3.8, 4) is 17.3 Å². The molecule has 0 atom stereocenters. The first-order chi connectivity index (χ1) is 15.6. The molecule has 0 amide bonds. The average molecular weight is 535 g/mol. The van der Waals surface area contributed by atoms with Crippen LogP contribution in [0.3, 0.4) is 0 Å². The predicted molar refractivity (Wildman–Crippen MR) is 135 cm³/mol. The van der Waals surface area contributed by atoms with Crippen LogP contribution in [0.2, 0.25) is 0 Å². The Morgan fingerprint density at radius 1 is 1.09 bits per heavy atom. The molecule has 0 aliphatic heterocycles. The van der Waals surface area contributed by atoms with Crippen molar-refractivity contribution in [2.75, 3.05) is 6.61 Å². The molecule has 32 heavy (non-hydrogen) atoms. The van der Waals surface area contributed by atoms with Gasteiger partial charge in [0.15, 0.2) is 5.76 Å². The summed E-state index contributed by atoms with van der Waals surface area (Å²) in [7, 11) is 0. The molecule has 0 bridgehead atoms. The van der Waals surface area contributed by atoms with Gasteiger partial charge in [-0.25, -0.2) is 4.98 Å². The summed E-state index contributed by atoms with van der Waals surface area (Å²) in [5, 5.41) is 5.93. The summed E-state index contributed by atoms with van der Waals surface area (Å²) in [5.74, 6) is 1.65. The molecular weight excluding hydrogens is 517 g/mol. The molecular formula is C25H18IN3O3. The molecule has 0 fully saturated rings. The molecule has 0 radical (unpaired) electrons. The van der Waals surface area contributed by atoms with Gasteiger partial charge in [-0.05, 0) is 77.5 Å². The van der Waals surface area contributed by atoms with E-state index in [4.69, 9.17) is 14.1 Å². The van der Waals surface area contributed by atoms with Crippen LogP contribution < -0.4 is 10.3 Å². The topological polar surface area (TPSA) is 69.6 Å². The van der Waals surface area contributed by atoms with Crippen molar-refractivity contribution in [1.29, 1.82) is 0 Å². The van der Waals surface area contributed by atoms with Crippen molar-refractivity contribution in [2.45, 2.75) is 6.92 Å². The van der Waals surface area contributed by atoms with Gasteiger partial charge >= 0.3 is 0 Å². The number of halogens is 1. The maximum absolute atomic E-state index is 13.3. The van der Waals surface area contributed by atoms with Crippen molar-refractivity contribution in [1.82, 2.24) is 9.66 Å². The predicted octanol–water partition coefficient (Wildman–Crippen LogP) is 5.70. The summed E-state index contributed by atoms with van der Waals surface area (Å²) >= 11 is 2.22. The number of hydrogen-bond acceptors (Lipinski definition) is 5. The molecule has 158 valence electrons. The normalized spacial score (nSPS) is 11.6. The van der Waals surface area contributed by atoms with Gasteiger partial charge in [-0.1, -0.05) is 30.3 Å². The Morgan fingerprint density at radius 2 is 1.91 bits per heavy atom. The fraction of sp³-hybridized carbons (Fsp3) is 0.0800. The lowest BCUT2D eigenvalue weighted by atomic mass is 10.2. The summed E-state index contributed by atoms with van der Waals surface area (Å²) in [6.07, 6.45) is 1.64. The highest BCUT2D eigenvalue weighted by atomic mass is 127. The van der Waals surface area contributed by atoms with Crippen LogP contribution in [0.4, 0.5) is 0 Å². The Hall–Kier alpha value is -3.46. The Balaban J connectivity index is 1.66. The van der Waals surface area contributed by atoms with Crippen LogP contribution in [-0.2, 0) is 0 Å². The van der Waals surface area contributed by atoms with Crippen LogP contribution >= 0.6 is 22.6 Å². The van der Waals surface area contributed by atoms with E-state index >= 15 is 0 Å². The van der Waals surface area contributed by atoms with Crippen molar-refractivity contribution in [3.63, 3.8) is 0 Å². The van der Waals surface area contributed by atoms with E-state index in [2.05, 4.69) is 27.7 Å². The van der Waals surface area contributed by atoms with E-state index in [9.17, 15) is 4.79 Å². The van der Waals surface area contributed by atoms with E-state index in [1.165, 1.54) is 4.68 Å². The van der Waals surface area contributed by atoms with E-state index < -0.39 is 0 Å². The first-order valence-electron chi connectivity index (χ1n) is 10.1. The van der Waals surface area contributed by atoms with Gasteiger partial charge in [0.2, 0.25) is 5.82 Å². The first-order valence-corrected chi connectivity index (χ1v) is 11.2. The molecule has 0 spiro atoms. The minimum Gasteiger partial charge on any atom is -0.493 e. The Kier molecular flexibility index (Phi) is 5.48. The number of para-hydroxylation sites is 2. The van der Waals surface area contributed by atoms with Crippen molar-refractivity contribution < 1.29 is 9.15 Å². The van der Waals surface area contributed by atoms with E-state index in [0.717, 1.165) is 25.9 Å². The summed E-state index contributed by atoms with van der Waals surface area (Å²) in [5.41, 5.74) is 1.90. The van der Waals surface area contributed by atoms with E-state index in [1.54, 1.807) is 12.3 Å². The summed E-state index contributed by atoms with van der Waals surface area (Å²) in [6, 6.07) is 22.5. The lowest BCUT2D eigenvalue weighted by Gasteiger charge is -2.08. The lowest BCUT2D eigenvalue weighted by Crippen LogP contribution is -2.20. The number of furan rings is 1. The highest BCUT2D eigenvalue weighted by Crippen LogP contribution is 2.27. The van der Waals surface area contributed by atoms with Gasteiger partial charge in [-0.15, -0.1) is 0 Å². The lowest BCUT2D eigenvalue weighted by molar-refractivity contribution is 0.338. The van der Waals surface area contributed by atoms with Gasteiger partial charge in [-0.2, -0.15) is 9.78 Å². The third-order valence-corrected chi connectivity index (χ3v) is 5.82. The SMILES string of the molecule is CCOc1ccc(C=Nn2c(-c3cc4ccccc4o3)nc3ccccc3c2=O)cc1I. The Morgan fingerprint density at radius 3 is 2.72 bits per heavy atom. The van der Waals surface area contributed by atoms with Crippen LogP contribution in [0.1, 0.15) is 12.5 Å². The van der Waals surface area contributed by atoms with Crippen LogP contribution in [0.5, 0.6) is 5.75 Å². The van der Waals surface area contributed by atoms with Crippen LogP contribution in [0.15, 0.2) is 87.1 Å². The zero-order valence-corrected chi connectivity index (χ0v) is 19.3. The van der Waals surface area contributed by atoms with Gasteiger partial charge in [0, 0.05) is 5.39 Å². The molecule has 0 unspecified atom stereocenters. The quantitative estimate of drug-likeness (QED) is 0.214. The zero-order chi connectivity index (χ0) is 22.1. The van der Waals surface area contributed by atoms with Crippen LogP contribution in [-0.4, -0.2) is 22.5 Å². The minimum absolute atomic E-state index is 0.261.